The molecule has 1 heterocycles. The lowest BCUT2D eigenvalue weighted by molar-refractivity contribution is -0.122. The Morgan fingerprint density at radius 3 is 2.65 bits per heavy atom. The van der Waals surface area contributed by atoms with E-state index in [0.29, 0.717) is 16.3 Å². The summed E-state index contributed by atoms with van der Waals surface area (Å²) in [4.78, 5) is 16.3. The molecule has 5 nitrogen and oxygen atoms in total. The van der Waals surface area contributed by atoms with Crippen molar-refractivity contribution < 1.29 is 19.7 Å². The zero-order valence-corrected chi connectivity index (χ0v) is 18.9. The van der Waals surface area contributed by atoms with Crippen molar-refractivity contribution in [1.29, 1.82) is 0 Å². The molecule has 0 saturated carbocycles. The molecule has 3 aliphatic rings. The largest absolute Gasteiger partial charge is 0.504 e. The minimum Gasteiger partial charge on any atom is -0.504 e. The van der Waals surface area contributed by atoms with E-state index in [1.807, 2.05) is 36.4 Å². The first-order valence-electron chi connectivity index (χ1n) is 10.3. The van der Waals surface area contributed by atoms with E-state index in [1.54, 1.807) is 17.8 Å². The minimum absolute atomic E-state index is 0.00587. The summed E-state index contributed by atoms with van der Waals surface area (Å²) >= 11 is 7.80. The lowest BCUT2D eigenvalue weighted by Gasteiger charge is -2.58. The second kappa shape index (κ2) is 7.47. The van der Waals surface area contributed by atoms with Crippen LogP contribution in [0.15, 0.2) is 53.1 Å². The molecule has 2 aliphatic carbocycles. The van der Waals surface area contributed by atoms with Crippen LogP contribution in [0.2, 0.25) is 5.02 Å². The van der Waals surface area contributed by atoms with E-state index >= 15 is 0 Å². The van der Waals surface area contributed by atoms with Gasteiger partial charge in [-0.2, -0.15) is 0 Å². The first kappa shape index (κ1) is 20.7. The number of piperidine rings is 1. The van der Waals surface area contributed by atoms with Gasteiger partial charge in [0.25, 0.3) is 0 Å². The molecule has 0 aromatic heterocycles. The first-order valence-corrected chi connectivity index (χ1v) is 11.6. The number of ketones is 1. The number of aromatic hydroxyl groups is 2. The Morgan fingerprint density at radius 1 is 1.19 bits per heavy atom. The molecule has 31 heavy (non-hydrogen) atoms. The van der Waals surface area contributed by atoms with Gasteiger partial charge in [0.15, 0.2) is 23.0 Å². The predicted molar refractivity (Wildman–Crippen MR) is 121 cm³/mol. The molecule has 2 bridgehead atoms. The number of hydrogen-bond donors (Lipinski definition) is 2. The number of phenolic OH excluding ortho intramolecular Hbond substituents is 2. The van der Waals surface area contributed by atoms with Crippen LogP contribution in [0.1, 0.15) is 29.2 Å². The third kappa shape index (κ3) is 3.07. The maximum Gasteiger partial charge on any atom is 0.197 e. The number of ether oxygens (including phenoxy) is 1. The number of Topliss-reactive ketones (excluding diaryl/α,β-unsaturated/α-hetero) is 1. The van der Waals surface area contributed by atoms with E-state index in [-0.39, 0.29) is 40.9 Å². The number of benzene rings is 2. The van der Waals surface area contributed by atoms with Crippen molar-refractivity contribution >= 4 is 29.1 Å². The Kier molecular flexibility index (Phi) is 5.00. The van der Waals surface area contributed by atoms with Gasteiger partial charge in [-0.1, -0.05) is 17.7 Å². The number of phenols is 2. The number of rotatable bonds is 3. The minimum atomic E-state index is -0.550. The molecule has 2 N–H and O–H groups in total. The van der Waals surface area contributed by atoms with E-state index < -0.39 is 5.41 Å². The molecule has 4 atom stereocenters. The highest BCUT2D eigenvalue weighted by atomic mass is 35.5. The molecule has 1 fully saturated rings. The zero-order chi connectivity index (χ0) is 21.9. The molecule has 1 saturated heterocycles. The van der Waals surface area contributed by atoms with Crippen LogP contribution in [-0.4, -0.2) is 47.6 Å². The number of nitrogens with zero attached hydrogens (tertiary/aromatic N) is 1. The van der Waals surface area contributed by atoms with Crippen molar-refractivity contribution in [3.63, 3.8) is 0 Å². The highest BCUT2D eigenvalue weighted by Gasteiger charge is 2.59. The van der Waals surface area contributed by atoms with Crippen LogP contribution in [0.3, 0.4) is 0 Å². The fourth-order valence-corrected chi connectivity index (χ4v) is 7.25. The average Bonchev–Trinajstić information content (AvgIpc) is 2.75. The molecule has 2 aromatic rings. The zero-order valence-electron chi connectivity index (χ0n) is 17.3. The van der Waals surface area contributed by atoms with Gasteiger partial charge in [0.1, 0.15) is 0 Å². The molecular formula is C24H24ClNO4S. The van der Waals surface area contributed by atoms with E-state index in [4.69, 9.17) is 16.3 Å². The van der Waals surface area contributed by atoms with Gasteiger partial charge >= 0.3 is 0 Å². The summed E-state index contributed by atoms with van der Waals surface area (Å²) in [5.74, 6) is 0.0606. The maximum atomic E-state index is 12.9. The standard InChI is InChI=1S/C24H24ClNO4S/c1-26-10-9-24-12-18(28)19(30-2)11-16(24)21(26)23(31-14-5-3-13(25)4-6-14)15-7-8-17(27)22(29)20(15)24/h3-8,11,16,21,23,27,29H,9-10,12H2,1-2H3. The molecular weight excluding hydrogens is 434 g/mol. The molecule has 0 radical (unpaired) electrons. The monoisotopic (exact) mass is 457 g/mol. The van der Waals surface area contributed by atoms with Gasteiger partial charge in [-0.25, -0.2) is 0 Å². The number of carbonyl (C=O) groups is 1. The lowest BCUT2D eigenvalue weighted by Crippen LogP contribution is -2.61. The number of hydrogen-bond acceptors (Lipinski definition) is 6. The second-order valence-corrected chi connectivity index (χ2v) is 10.3. The third-order valence-electron chi connectivity index (χ3n) is 7.11. The van der Waals surface area contributed by atoms with Crippen LogP contribution in [0.25, 0.3) is 0 Å². The van der Waals surface area contributed by atoms with E-state index in [9.17, 15) is 15.0 Å². The van der Waals surface area contributed by atoms with Crippen LogP contribution in [0, 0.1) is 5.92 Å². The first-order chi connectivity index (χ1) is 14.9. The van der Waals surface area contributed by atoms with Gasteiger partial charge in [-0.05, 0) is 62.0 Å². The molecule has 0 amide bonds. The highest BCUT2D eigenvalue weighted by molar-refractivity contribution is 7.99. The molecule has 0 spiro atoms. The molecule has 1 aliphatic heterocycles. The number of carbonyl (C=O) groups excluding carboxylic acids is 1. The van der Waals surface area contributed by atoms with Crippen molar-refractivity contribution in [3.8, 4) is 11.5 Å². The highest BCUT2D eigenvalue weighted by Crippen LogP contribution is 2.63. The van der Waals surface area contributed by atoms with E-state index in [0.717, 1.165) is 23.4 Å². The fraction of sp³-hybridized carbons (Fsp3) is 0.375. The van der Waals surface area contributed by atoms with Gasteiger partial charge in [0.05, 0.1) is 12.4 Å². The van der Waals surface area contributed by atoms with Crippen LogP contribution in [0.5, 0.6) is 11.5 Å². The smallest absolute Gasteiger partial charge is 0.197 e. The summed E-state index contributed by atoms with van der Waals surface area (Å²) < 4.78 is 5.42. The van der Waals surface area contributed by atoms with E-state index in [1.165, 1.54) is 7.11 Å². The maximum absolute atomic E-state index is 12.9. The number of thioether (sulfide) groups is 1. The topological polar surface area (TPSA) is 70.0 Å². The van der Waals surface area contributed by atoms with Crippen molar-refractivity contribution in [2.45, 2.75) is 34.4 Å². The Labute approximate surface area is 190 Å². The van der Waals surface area contributed by atoms with E-state index in [2.05, 4.69) is 11.9 Å². The summed E-state index contributed by atoms with van der Waals surface area (Å²) in [7, 11) is 3.65. The van der Waals surface area contributed by atoms with Crippen LogP contribution in [-0.2, 0) is 14.9 Å². The number of allylic oxidation sites excluding steroid dienone is 1. The van der Waals surface area contributed by atoms with Crippen LogP contribution >= 0.6 is 23.4 Å². The van der Waals surface area contributed by atoms with Crippen molar-refractivity contribution in [3.05, 3.63) is 64.4 Å². The summed E-state index contributed by atoms with van der Waals surface area (Å²) in [6, 6.07) is 11.3. The number of likely N-dealkylation sites (N-methyl/N-ethyl adjacent to an activating group) is 1. The SMILES string of the molecule is COC1=CC2C3C(Sc4ccc(Cl)cc4)c4ccc(O)c(O)c4C2(CCN3C)CC1=O. The molecule has 2 aromatic carbocycles. The van der Waals surface area contributed by atoms with Gasteiger partial charge in [-0.15, -0.1) is 11.8 Å². The average molecular weight is 458 g/mol. The Morgan fingerprint density at radius 2 is 1.94 bits per heavy atom. The summed E-state index contributed by atoms with van der Waals surface area (Å²) in [6.07, 6.45) is 2.95. The van der Waals surface area contributed by atoms with Gasteiger partial charge < -0.3 is 19.8 Å². The number of methoxy groups -OCH3 is 1. The van der Waals surface area contributed by atoms with Crippen molar-refractivity contribution in [1.82, 2.24) is 4.90 Å². The lowest BCUT2D eigenvalue weighted by atomic mass is 9.53. The number of likely N-dealkylation sites (tertiary alicyclic amines) is 1. The Hall–Kier alpha value is -2.15. The summed E-state index contributed by atoms with van der Waals surface area (Å²) in [5, 5.41) is 22.1. The Balaban J connectivity index is 1.74. The molecule has 5 rings (SSSR count). The summed E-state index contributed by atoms with van der Waals surface area (Å²) in [6.45, 7) is 0.802. The third-order valence-corrected chi connectivity index (χ3v) is 8.69. The van der Waals surface area contributed by atoms with Crippen LogP contribution < -0.4 is 0 Å². The normalized spacial score (nSPS) is 29.7. The van der Waals surface area contributed by atoms with Crippen molar-refractivity contribution in [2.75, 3.05) is 20.7 Å². The quantitative estimate of drug-likeness (QED) is 0.653. The predicted octanol–water partition coefficient (Wildman–Crippen LogP) is 4.66. The molecule has 162 valence electrons. The fourth-order valence-electron chi connectivity index (χ4n) is 5.70. The molecule has 7 heteroatoms. The van der Waals surface area contributed by atoms with Crippen molar-refractivity contribution in [2.24, 2.45) is 5.92 Å². The molecule has 4 unspecified atom stereocenters. The van der Waals surface area contributed by atoms with Crippen LogP contribution in [0.4, 0.5) is 0 Å². The van der Waals surface area contributed by atoms with Gasteiger partial charge in [0.2, 0.25) is 0 Å². The Bertz CT molecular complexity index is 1090. The second-order valence-electron chi connectivity index (χ2n) is 8.63. The van der Waals surface area contributed by atoms with Gasteiger partial charge in [-0.3, -0.25) is 4.79 Å². The summed E-state index contributed by atoms with van der Waals surface area (Å²) in [5.41, 5.74) is 1.14. The van der Waals surface area contributed by atoms with Gasteiger partial charge in [0, 0.05) is 39.3 Å². The number of fused-ring (bicyclic) bond motifs is 1. The number of halogens is 1.